The summed E-state index contributed by atoms with van der Waals surface area (Å²) in [5.74, 6) is -0.213. The second kappa shape index (κ2) is 9.85. The van der Waals surface area contributed by atoms with Gasteiger partial charge in [0.15, 0.2) is 0 Å². The zero-order valence-electron chi connectivity index (χ0n) is 16.9. The smallest absolute Gasteiger partial charge is 0.427 e. The third-order valence-electron chi connectivity index (χ3n) is 4.12. The van der Waals surface area contributed by atoms with Gasteiger partial charge in [0.05, 0.1) is 7.11 Å². The molecule has 27 heavy (non-hydrogen) atoms. The minimum Gasteiger partial charge on any atom is -0.452 e. The number of nitrogens with one attached hydrogen (secondary N) is 2. The third-order valence-corrected chi connectivity index (χ3v) is 4.12. The quantitative estimate of drug-likeness (QED) is 0.560. The summed E-state index contributed by atoms with van der Waals surface area (Å²) < 4.78 is 4.48. The lowest BCUT2D eigenvalue weighted by molar-refractivity contribution is -0.125. The zero-order valence-corrected chi connectivity index (χ0v) is 16.9. The highest BCUT2D eigenvalue weighted by atomic mass is 16.5. The highest BCUT2D eigenvalue weighted by Crippen LogP contribution is 2.18. The molecule has 0 spiro atoms. The van der Waals surface area contributed by atoms with Crippen LogP contribution in [0, 0.1) is 19.3 Å². The van der Waals surface area contributed by atoms with E-state index < -0.39 is 11.5 Å². The summed E-state index contributed by atoms with van der Waals surface area (Å²) in [4.78, 5) is 35.7. The van der Waals surface area contributed by atoms with Gasteiger partial charge in [0.1, 0.15) is 5.78 Å². The Labute approximate surface area is 160 Å². The third kappa shape index (κ3) is 8.02. The van der Waals surface area contributed by atoms with E-state index in [1.54, 1.807) is 0 Å². The van der Waals surface area contributed by atoms with Crippen LogP contribution in [-0.2, 0) is 14.3 Å². The number of nitrogens with zero attached hydrogens (tertiary/aromatic N) is 1. The fourth-order valence-corrected chi connectivity index (χ4v) is 2.11. The van der Waals surface area contributed by atoms with E-state index in [1.807, 2.05) is 52.8 Å². The molecule has 7 nitrogen and oxygen atoms in total. The fourth-order valence-electron chi connectivity index (χ4n) is 2.11. The van der Waals surface area contributed by atoms with Crippen molar-refractivity contribution in [1.82, 2.24) is 5.43 Å². The van der Waals surface area contributed by atoms with Crippen molar-refractivity contribution in [3.63, 3.8) is 0 Å². The largest absolute Gasteiger partial charge is 0.452 e. The molecule has 0 unspecified atom stereocenters. The lowest BCUT2D eigenvalue weighted by Gasteiger charge is -2.17. The van der Waals surface area contributed by atoms with Crippen molar-refractivity contribution in [2.75, 3.05) is 12.4 Å². The predicted molar refractivity (Wildman–Crippen MR) is 106 cm³/mol. The molecular weight excluding hydrogens is 346 g/mol. The van der Waals surface area contributed by atoms with E-state index in [4.69, 9.17) is 0 Å². The van der Waals surface area contributed by atoms with Crippen LogP contribution in [0.15, 0.2) is 23.3 Å². The molecule has 1 aromatic rings. The summed E-state index contributed by atoms with van der Waals surface area (Å²) in [6.45, 7) is 9.42. The number of aryl methyl sites for hydroxylation is 2. The number of amides is 2. The summed E-state index contributed by atoms with van der Waals surface area (Å²) in [6, 6.07) is 5.70. The number of Topliss-reactive ketones (excluding diaryl/α,β-unsaturated/α-hetero) is 1. The van der Waals surface area contributed by atoms with Gasteiger partial charge >= 0.3 is 6.09 Å². The second-order valence-electron chi connectivity index (χ2n) is 7.48. The Hall–Kier alpha value is -2.70. The van der Waals surface area contributed by atoms with Gasteiger partial charge in [-0.3, -0.25) is 9.59 Å². The number of hydrogen-bond acceptors (Lipinski definition) is 5. The Morgan fingerprint density at radius 1 is 1.07 bits per heavy atom. The molecular formula is C20H29N3O4. The standard InChI is InChI=1S/C20H29N3O4/c1-13-7-8-15(11-14(13)2)21-18(25)10-9-16(22-23-19(26)27-6)12-17(24)20(3,4)5/h7-8,11H,9-10,12H2,1-6H3,(H,21,25)(H,23,26)/b22-16-. The minimum absolute atomic E-state index is 0.0255. The van der Waals surface area contributed by atoms with Crippen LogP contribution in [-0.4, -0.2) is 30.6 Å². The molecule has 0 fully saturated rings. The minimum atomic E-state index is -0.727. The molecule has 0 aliphatic heterocycles. The lowest BCUT2D eigenvalue weighted by atomic mass is 9.87. The number of carbonyl (C=O) groups excluding carboxylic acids is 3. The fraction of sp³-hybridized carbons (Fsp3) is 0.500. The normalized spacial score (nSPS) is 11.7. The maximum absolute atomic E-state index is 12.3. The summed E-state index contributed by atoms with van der Waals surface area (Å²) >= 11 is 0. The van der Waals surface area contributed by atoms with Gasteiger partial charge in [0.2, 0.25) is 5.91 Å². The van der Waals surface area contributed by atoms with Crippen molar-refractivity contribution in [1.29, 1.82) is 0 Å². The van der Waals surface area contributed by atoms with Crippen molar-refractivity contribution in [3.8, 4) is 0 Å². The van der Waals surface area contributed by atoms with E-state index in [1.165, 1.54) is 7.11 Å². The lowest BCUT2D eigenvalue weighted by Crippen LogP contribution is -2.26. The number of carbonyl (C=O) groups is 3. The molecule has 7 heteroatoms. The second-order valence-corrected chi connectivity index (χ2v) is 7.48. The van der Waals surface area contributed by atoms with Gasteiger partial charge in [-0.2, -0.15) is 5.10 Å². The van der Waals surface area contributed by atoms with Crippen molar-refractivity contribution in [2.45, 2.75) is 53.9 Å². The number of methoxy groups -OCH3 is 1. The van der Waals surface area contributed by atoms with E-state index in [9.17, 15) is 14.4 Å². The molecule has 0 saturated carbocycles. The Morgan fingerprint density at radius 2 is 1.74 bits per heavy atom. The number of hydrazone groups is 1. The van der Waals surface area contributed by atoms with Gasteiger partial charge in [-0.05, 0) is 43.5 Å². The van der Waals surface area contributed by atoms with Crippen molar-refractivity contribution >= 4 is 29.2 Å². The average Bonchev–Trinajstić information content (AvgIpc) is 2.59. The zero-order chi connectivity index (χ0) is 20.6. The first-order valence-corrected chi connectivity index (χ1v) is 8.82. The van der Waals surface area contributed by atoms with Crippen molar-refractivity contribution < 1.29 is 19.1 Å². The number of rotatable bonds is 7. The van der Waals surface area contributed by atoms with Gasteiger partial charge in [0.25, 0.3) is 0 Å². The molecule has 1 aromatic carbocycles. The van der Waals surface area contributed by atoms with Gasteiger partial charge in [-0.25, -0.2) is 10.2 Å². The summed E-state index contributed by atoms with van der Waals surface area (Å²) in [5, 5.41) is 6.78. The summed E-state index contributed by atoms with van der Waals surface area (Å²) in [6.07, 6.45) is -0.269. The van der Waals surface area contributed by atoms with Gasteiger partial charge in [-0.15, -0.1) is 0 Å². The van der Waals surface area contributed by atoms with E-state index in [-0.39, 0.29) is 31.0 Å². The number of ketones is 1. The maximum Gasteiger partial charge on any atom is 0.427 e. The van der Waals surface area contributed by atoms with Crippen LogP contribution in [0.25, 0.3) is 0 Å². The van der Waals surface area contributed by atoms with E-state index in [0.29, 0.717) is 5.71 Å². The van der Waals surface area contributed by atoms with Crippen LogP contribution in [0.4, 0.5) is 10.5 Å². The first-order valence-electron chi connectivity index (χ1n) is 8.82. The van der Waals surface area contributed by atoms with Gasteiger partial charge < -0.3 is 10.1 Å². The number of hydrogen-bond donors (Lipinski definition) is 2. The number of ether oxygens (including phenoxy) is 1. The Bertz CT molecular complexity index is 733. The average molecular weight is 375 g/mol. The van der Waals surface area contributed by atoms with Crippen LogP contribution in [0.1, 0.15) is 51.2 Å². The number of benzene rings is 1. The molecule has 1 rings (SSSR count). The Balaban J connectivity index is 2.73. The van der Waals surface area contributed by atoms with Crippen LogP contribution in [0.3, 0.4) is 0 Å². The topological polar surface area (TPSA) is 96.9 Å². The maximum atomic E-state index is 12.3. The highest BCUT2D eigenvalue weighted by Gasteiger charge is 2.23. The van der Waals surface area contributed by atoms with Crippen LogP contribution in [0.2, 0.25) is 0 Å². The highest BCUT2D eigenvalue weighted by molar-refractivity contribution is 6.05. The van der Waals surface area contributed by atoms with Crippen molar-refractivity contribution in [3.05, 3.63) is 29.3 Å². The molecule has 0 aromatic heterocycles. The summed E-state index contributed by atoms with van der Waals surface area (Å²) in [5.41, 5.74) is 5.07. The summed E-state index contributed by atoms with van der Waals surface area (Å²) in [7, 11) is 1.22. The first kappa shape index (κ1) is 22.3. The molecule has 2 amide bonds. The van der Waals surface area contributed by atoms with E-state index >= 15 is 0 Å². The molecule has 2 N–H and O–H groups in total. The van der Waals surface area contributed by atoms with Crippen LogP contribution >= 0.6 is 0 Å². The van der Waals surface area contributed by atoms with E-state index in [0.717, 1.165) is 16.8 Å². The molecule has 0 heterocycles. The SMILES string of the molecule is COC(=O)N/N=C(/CCC(=O)Nc1ccc(C)c(C)c1)CC(=O)C(C)(C)C. The molecule has 0 bridgehead atoms. The predicted octanol–water partition coefficient (Wildman–Crippen LogP) is 3.74. The first-order chi connectivity index (χ1) is 12.5. The van der Waals surface area contributed by atoms with Gasteiger partial charge in [-0.1, -0.05) is 26.8 Å². The molecule has 0 atom stereocenters. The monoisotopic (exact) mass is 375 g/mol. The van der Waals surface area contributed by atoms with E-state index in [2.05, 4.69) is 20.6 Å². The molecule has 0 aliphatic rings. The number of anilines is 1. The van der Waals surface area contributed by atoms with Gasteiger partial charge in [0, 0.05) is 29.7 Å². The molecule has 0 aliphatic carbocycles. The van der Waals surface area contributed by atoms with Crippen LogP contribution < -0.4 is 10.7 Å². The Morgan fingerprint density at radius 3 is 2.30 bits per heavy atom. The molecule has 0 radical (unpaired) electrons. The Kier molecular flexibility index (Phi) is 8.15. The van der Waals surface area contributed by atoms with Crippen molar-refractivity contribution in [2.24, 2.45) is 10.5 Å². The molecule has 148 valence electrons. The van der Waals surface area contributed by atoms with Crippen LogP contribution in [0.5, 0.6) is 0 Å². The molecule has 0 saturated heterocycles.